The molecule has 0 bridgehead atoms. The maximum Gasteiger partial charge on any atom is 0.317 e. The topological polar surface area (TPSA) is 102 Å². The summed E-state index contributed by atoms with van der Waals surface area (Å²) in [6.07, 6.45) is 0.280. The number of aliphatic hydroxyl groups excluding tert-OH is 1. The molecule has 7 nitrogen and oxygen atoms in total. The van der Waals surface area contributed by atoms with Gasteiger partial charge in [0.15, 0.2) is 0 Å². The minimum absolute atomic E-state index is 0.0114. The number of carboxylic acid groups (broad SMARTS) is 1. The third-order valence-electron chi connectivity index (χ3n) is 4.43. The zero-order valence-corrected chi connectivity index (χ0v) is 15.2. The molecule has 0 radical (unpaired) electrons. The predicted octanol–water partition coefficient (Wildman–Crippen LogP) is 1.75. The molecule has 26 heavy (non-hydrogen) atoms. The second-order valence-electron chi connectivity index (χ2n) is 6.35. The first-order valence-corrected chi connectivity index (χ1v) is 8.80. The zero-order chi connectivity index (χ0) is 19.3. The first-order valence-electron chi connectivity index (χ1n) is 8.42. The SMILES string of the molecule is CCN(CC(=O)O)C1CC(NC(=O)NCC(O)c2cc(F)cc(Cl)c2)C1. The summed E-state index contributed by atoms with van der Waals surface area (Å²) in [5, 5.41) is 24.4. The van der Waals surface area contributed by atoms with Crippen LogP contribution in [-0.4, -0.2) is 58.8 Å². The van der Waals surface area contributed by atoms with Crippen molar-refractivity contribution in [3.05, 3.63) is 34.6 Å². The summed E-state index contributed by atoms with van der Waals surface area (Å²) in [7, 11) is 0. The van der Waals surface area contributed by atoms with Gasteiger partial charge in [-0.3, -0.25) is 9.69 Å². The number of carbonyl (C=O) groups is 2. The second kappa shape index (κ2) is 9.16. The summed E-state index contributed by atoms with van der Waals surface area (Å²) < 4.78 is 13.3. The highest BCUT2D eigenvalue weighted by molar-refractivity contribution is 6.30. The summed E-state index contributed by atoms with van der Waals surface area (Å²) in [6.45, 7) is 2.44. The quantitative estimate of drug-likeness (QED) is 0.544. The number of nitrogens with one attached hydrogen (secondary N) is 2. The van der Waals surface area contributed by atoms with E-state index in [1.807, 2.05) is 11.8 Å². The Balaban J connectivity index is 1.72. The lowest BCUT2D eigenvalue weighted by Gasteiger charge is -2.42. The number of urea groups is 1. The summed E-state index contributed by atoms with van der Waals surface area (Å²) in [4.78, 5) is 24.6. The molecule has 144 valence electrons. The number of aliphatic hydroxyl groups is 1. The van der Waals surface area contributed by atoms with Gasteiger partial charge in [0.2, 0.25) is 0 Å². The molecule has 1 unspecified atom stereocenters. The Morgan fingerprint density at radius 3 is 2.65 bits per heavy atom. The zero-order valence-electron chi connectivity index (χ0n) is 14.4. The maximum absolute atomic E-state index is 13.3. The number of nitrogens with zero attached hydrogens (tertiary/aromatic N) is 1. The maximum atomic E-state index is 13.3. The first kappa shape index (κ1) is 20.4. The van der Waals surface area contributed by atoms with E-state index in [9.17, 15) is 19.1 Å². The molecule has 4 N–H and O–H groups in total. The lowest BCUT2D eigenvalue weighted by atomic mass is 9.85. The van der Waals surface area contributed by atoms with Crippen molar-refractivity contribution in [2.45, 2.75) is 38.0 Å². The van der Waals surface area contributed by atoms with Crippen LogP contribution in [0.25, 0.3) is 0 Å². The molecule has 0 spiro atoms. The highest BCUT2D eigenvalue weighted by atomic mass is 35.5. The molecule has 1 aliphatic carbocycles. The molecule has 1 fully saturated rings. The van der Waals surface area contributed by atoms with Gasteiger partial charge in [-0.25, -0.2) is 9.18 Å². The van der Waals surface area contributed by atoms with Crippen molar-refractivity contribution in [2.24, 2.45) is 0 Å². The average molecular weight is 388 g/mol. The van der Waals surface area contributed by atoms with Crippen molar-refractivity contribution in [3.63, 3.8) is 0 Å². The average Bonchev–Trinajstić information content (AvgIpc) is 2.52. The van der Waals surface area contributed by atoms with Gasteiger partial charge in [-0.1, -0.05) is 18.5 Å². The van der Waals surface area contributed by atoms with Crippen LogP contribution in [-0.2, 0) is 4.79 Å². The van der Waals surface area contributed by atoms with Crippen LogP contribution in [0.2, 0.25) is 5.02 Å². The van der Waals surface area contributed by atoms with Crippen LogP contribution < -0.4 is 10.6 Å². The number of hydrogen-bond donors (Lipinski definition) is 4. The molecule has 0 saturated heterocycles. The molecule has 9 heteroatoms. The second-order valence-corrected chi connectivity index (χ2v) is 6.79. The van der Waals surface area contributed by atoms with Crippen LogP contribution in [0.1, 0.15) is 31.4 Å². The van der Waals surface area contributed by atoms with E-state index in [-0.39, 0.29) is 35.8 Å². The molecule has 1 aromatic rings. The number of hydrogen-bond acceptors (Lipinski definition) is 4. The third-order valence-corrected chi connectivity index (χ3v) is 4.65. The molecule has 0 aromatic heterocycles. The van der Waals surface area contributed by atoms with E-state index in [0.29, 0.717) is 19.4 Å². The van der Waals surface area contributed by atoms with Gasteiger partial charge in [0.25, 0.3) is 0 Å². The fraction of sp³-hybridized carbons (Fsp3) is 0.529. The van der Waals surface area contributed by atoms with Crippen molar-refractivity contribution in [1.82, 2.24) is 15.5 Å². The molecule has 1 saturated carbocycles. The largest absolute Gasteiger partial charge is 0.480 e. The van der Waals surface area contributed by atoms with Gasteiger partial charge >= 0.3 is 12.0 Å². The molecule has 1 aromatic carbocycles. The lowest BCUT2D eigenvalue weighted by Crippen LogP contribution is -2.56. The molecule has 2 amide bonds. The Bertz CT molecular complexity index is 635. The molecular formula is C17H23ClFN3O4. The summed E-state index contributed by atoms with van der Waals surface area (Å²) >= 11 is 5.74. The molecular weight excluding hydrogens is 365 g/mol. The minimum Gasteiger partial charge on any atom is -0.480 e. The van der Waals surface area contributed by atoms with Gasteiger partial charge < -0.3 is 20.8 Å². The van der Waals surface area contributed by atoms with E-state index >= 15 is 0 Å². The summed E-state index contributed by atoms with van der Waals surface area (Å²) in [5.41, 5.74) is 0.284. The number of aliphatic carboxylic acids is 1. The Hall–Kier alpha value is -1.90. The van der Waals surface area contributed by atoms with Crippen LogP contribution in [0.3, 0.4) is 0 Å². The van der Waals surface area contributed by atoms with E-state index < -0.39 is 23.9 Å². The van der Waals surface area contributed by atoms with E-state index in [1.54, 1.807) is 0 Å². The van der Waals surface area contributed by atoms with Crippen LogP contribution in [0, 0.1) is 5.82 Å². The van der Waals surface area contributed by atoms with Crippen LogP contribution in [0.4, 0.5) is 9.18 Å². The number of amides is 2. The minimum atomic E-state index is -1.07. The van der Waals surface area contributed by atoms with Gasteiger partial charge in [0.1, 0.15) is 5.82 Å². The van der Waals surface area contributed by atoms with E-state index in [0.717, 1.165) is 12.1 Å². The van der Waals surface area contributed by atoms with Crippen molar-refractivity contribution in [2.75, 3.05) is 19.6 Å². The van der Waals surface area contributed by atoms with E-state index in [1.165, 1.54) is 6.07 Å². The van der Waals surface area contributed by atoms with Gasteiger partial charge in [-0.2, -0.15) is 0 Å². The van der Waals surface area contributed by atoms with Gasteiger partial charge in [-0.15, -0.1) is 0 Å². The Morgan fingerprint density at radius 2 is 2.08 bits per heavy atom. The third kappa shape index (κ3) is 5.82. The number of carboxylic acids is 1. The first-order chi connectivity index (χ1) is 12.3. The fourth-order valence-electron chi connectivity index (χ4n) is 2.99. The van der Waals surface area contributed by atoms with Crippen molar-refractivity contribution in [1.29, 1.82) is 0 Å². The van der Waals surface area contributed by atoms with Crippen LogP contribution in [0.15, 0.2) is 18.2 Å². The molecule has 1 atom stereocenters. The lowest BCUT2D eigenvalue weighted by molar-refractivity contribution is -0.139. The predicted molar refractivity (Wildman–Crippen MR) is 94.6 cm³/mol. The van der Waals surface area contributed by atoms with Crippen LogP contribution in [0.5, 0.6) is 0 Å². The number of likely N-dealkylation sites (N-methyl/N-ethyl adjacent to an activating group) is 1. The Morgan fingerprint density at radius 1 is 1.38 bits per heavy atom. The van der Waals surface area contributed by atoms with Crippen molar-refractivity contribution < 1.29 is 24.2 Å². The Kier molecular flexibility index (Phi) is 7.19. The summed E-state index contributed by atoms with van der Waals surface area (Å²) in [6, 6.07) is 3.40. The number of benzene rings is 1. The molecule has 0 heterocycles. The highest BCUT2D eigenvalue weighted by Gasteiger charge is 2.34. The Labute approximate surface area is 156 Å². The molecule has 2 rings (SSSR count). The van der Waals surface area contributed by atoms with E-state index in [4.69, 9.17) is 16.7 Å². The number of rotatable bonds is 8. The van der Waals surface area contributed by atoms with Gasteiger partial charge in [-0.05, 0) is 43.1 Å². The molecule has 1 aliphatic rings. The molecule has 0 aliphatic heterocycles. The smallest absolute Gasteiger partial charge is 0.317 e. The summed E-state index contributed by atoms with van der Waals surface area (Å²) in [5.74, 6) is -1.43. The monoisotopic (exact) mass is 387 g/mol. The number of halogens is 2. The standard InChI is InChI=1S/C17H23ClFN3O4/c1-2-22(9-16(24)25)14-6-13(7-14)21-17(26)20-8-15(23)10-3-11(18)5-12(19)4-10/h3-5,13-15,23H,2,6-9H2,1H3,(H,24,25)(H2,20,21,26). The van der Waals surface area contributed by atoms with E-state index in [2.05, 4.69) is 10.6 Å². The van der Waals surface area contributed by atoms with Crippen LogP contribution >= 0.6 is 11.6 Å². The van der Waals surface area contributed by atoms with Crippen molar-refractivity contribution in [3.8, 4) is 0 Å². The van der Waals surface area contributed by atoms with Gasteiger partial charge in [0.05, 0.1) is 12.6 Å². The highest BCUT2D eigenvalue weighted by Crippen LogP contribution is 2.25. The van der Waals surface area contributed by atoms with Gasteiger partial charge in [0, 0.05) is 23.7 Å². The van der Waals surface area contributed by atoms with Crippen molar-refractivity contribution >= 4 is 23.6 Å². The number of carbonyl (C=O) groups excluding carboxylic acids is 1. The fourth-order valence-corrected chi connectivity index (χ4v) is 3.22. The normalized spacial score (nSPS) is 20.3.